The summed E-state index contributed by atoms with van der Waals surface area (Å²) >= 11 is 0. The minimum atomic E-state index is -4.67. The van der Waals surface area contributed by atoms with Gasteiger partial charge in [-0.1, -0.05) is 48.5 Å². The molecule has 0 spiro atoms. The lowest BCUT2D eigenvalue weighted by atomic mass is 9.97. The Morgan fingerprint density at radius 2 is 1.37 bits per heavy atom. The third-order valence-electron chi connectivity index (χ3n) is 3.93. The second-order valence-corrected chi connectivity index (χ2v) is 5.74. The van der Waals surface area contributed by atoms with Crippen molar-refractivity contribution in [2.45, 2.75) is 6.18 Å². The zero-order valence-corrected chi connectivity index (χ0v) is 14.0. The number of hydrogen-bond acceptors (Lipinski definition) is 3. The predicted octanol–water partition coefficient (Wildman–Crippen LogP) is 3.98. The van der Waals surface area contributed by atoms with Crippen LogP contribution >= 0.6 is 0 Å². The van der Waals surface area contributed by atoms with E-state index < -0.39 is 28.3 Å². The topological polar surface area (TPSA) is 56.6 Å². The van der Waals surface area contributed by atoms with E-state index in [1.807, 2.05) is 0 Å². The van der Waals surface area contributed by atoms with Gasteiger partial charge in [-0.15, -0.1) is 0 Å². The Morgan fingerprint density at radius 1 is 0.815 bits per heavy atom. The molecule has 0 amide bonds. The van der Waals surface area contributed by atoms with Gasteiger partial charge in [0.15, 0.2) is 11.5 Å². The molecule has 0 heterocycles. The van der Waals surface area contributed by atoms with Crippen molar-refractivity contribution in [3.8, 4) is 0 Å². The number of anilines is 1. The van der Waals surface area contributed by atoms with Crippen molar-refractivity contribution in [1.82, 2.24) is 0 Å². The van der Waals surface area contributed by atoms with Crippen LogP contribution in [0.4, 0.5) is 24.5 Å². The molecule has 0 radical (unpaired) electrons. The van der Waals surface area contributed by atoms with Crippen molar-refractivity contribution in [3.63, 3.8) is 0 Å². The molecular weight excluding hydrogens is 357 g/mol. The summed E-state index contributed by atoms with van der Waals surface area (Å²) in [6, 6.07) is 18.9. The minimum Gasteiger partial charge on any atom is -0.603 e. The van der Waals surface area contributed by atoms with Gasteiger partial charge in [0.25, 0.3) is 0 Å². The number of quaternary nitrogens is 1. The normalized spacial score (nSPS) is 12.4. The lowest BCUT2D eigenvalue weighted by Crippen LogP contribution is -3.06. The zero-order valence-electron chi connectivity index (χ0n) is 14.0. The molecule has 4 nitrogen and oxygen atoms in total. The summed E-state index contributed by atoms with van der Waals surface area (Å²) in [5.74, 6) is -0.860. The van der Waals surface area contributed by atoms with Gasteiger partial charge in [0, 0.05) is 11.6 Å². The van der Waals surface area contributed by atoms with Crippen LogP contribution in [0.1, 0.15) is 21.5 Å². The number of halogens is 3. The Labute approximate surface area is 153 Å². The highest BCUT2D eigenvalue weighted by Crippen LogP contribution is 2.33. The van der Waals surface area contributed by atoms with Crippen LogP contribution < -0.4 is 10.6 Å². The van der Waals surface area contributed by atoms with E-state index in [9.17, 15) is 23.2 Å². The van der Waals surface area contributed by atoms with Crippen LogP contribution in [-0.4, -0.2) is 5.78 Å². The molecular formula is C20H15F3N2O2. The lowest BCUT2D eigenvalue weighted by Gasteiger charge is -2.24. The predicted molar refractivity (Wildman–Crippen MR) is 95.4 cm³/mol. The largest absolute Gasteiger partial charge is 0.603 e. The van der Waals surface area contributed by atoms with Crippen LogP contribution in [0.3, 0.4) is 0 Å². The maximum absolute atomic E-state index is 13.2. The van der Waals surface area contributed by atoms with Gasteiger partial charge >= 0.3 is 6.18 Å². The molecule has 0 aliphatic heterocycles. The molecule has 3 aromatic rings. The first-order chi connectivity index (χ1) is 12.9. The second kappa shape index (κ2) is 7.61. The molecule has 0 aliphatic carbocycles. The third-order valence-corrected chi connectivity index (χ3v) is 3.93. The van der Waals surface area contributed by atoms with E-state index in [4.69, 9.17) is 0 Å². The van der Waals surface area contributed by atoms with Crippen molar-refractivity contribution in [2.24, 2.45) is 0 Å². The zero-order chi connectivity index (χ0) is 19.4. The summed E-state index contributed by atoms with van der Waals surface area (Å²) in [5.41, 5.74) is 1.53. The molecule has 138 valence electrons. The number of carbonyl (C=O) groups excluding carboxylic acids is 1. The minimum absolute atomic E-state index is 0.00308. The number of alkyl halides is 3. The highest BCUT2D eigenvalue weighted by Gasteiger charge is 2.35. The molecule has 1 atom stereocenters. The van der Waals surface area contributed by atoms with Gasteiger partial charge < -0.3 is 5.21 Å². The number of benzene rings is 3. The van der Waals surface area contributed by atoms with Gasteiger partial charge in [-0.05, 0) is 24.3 Å². The van der Waals surface area contributed by atoms with E-state index in [1.54, 1.807) is 36.4 Å². The van der Waals surface area contributed by atoms with E-state index in [2.05, 4.69) is 5.43 Å². The summed E-state index contributed by atoms with van der Waals surface area (Å²) in [6.45, 7) is 0. The van der Waals surface area contributed by atoms with Gasteiger partial charge in [-0.2, -0.15) is 13.2 Å². The molecule has 7 heteroatoms. The Bertz CT molecular complexity index is 943. The SMILES string of the molecule is O=C(c1ccccc1[NH+]([O-])Nc1ccccc1)c1ccccc1C(F)(F)F. The summed E-state index contributed by atoms with van der Waals surface area (Å²) in [4.78, 5) is 12.8. The number of ketones is 1. The molecule has 0 bridgehead atoms. The first-order valence-corrected chi connectivity index (χ1v) is 8.04. The molecule has 0 aliphatic rings. The first-order valence-electron chi connectivity index (χ1n) is 8.04. The van der Waals surface area contributed by atoms with Gasteiger partial charge in [0.05, 0.1) is 16.8 Å². The molecule has 3 rings (SSSR count). The fourth-order valence-corrected chi connectivity index (χ4v) is 2.67. The van der Waals surface area contributed by atoms with Crippen LogP contribution in [0.25, 0.3) is 0 Å². The van der Waals surface area contributed by atoms with Gasteiger partial charge in [-0.25, -0.2) is 10.6 Å². The summed E-state index contributed by atoms with van der Waals surface area (Å²) < 4.78 is 39.7. The Morgan fingerprint density at radius 3 is 2.04 bits per heavy atom. The molecule has 2 N–H and O–H groups in total. The van der Waals surface area contributed by atoms with E-state index in [0.29, 0.717) is 5.69 Å². The fourth-order valence-electron chi connectivity index (χ4n) is 2.67. The van der Waals surface area contributed by atoms with Crippen molar-refractivity contribution in [2.75, 3.05) is 5.43 Å². The monoisotopic (exact) mass is 372 g/mol. The molecule has 0 saturated carbocycles. The van der Waals surface area contributed by atoms with Gasteiger partial charge in [0.1, 0.15) is 0 Å². The quantitative estimate of drug-likeness (QED) is 0.526. The molecule has 0 aromatic heterocycles. The second-order valence-electron chi connectivity index (χ2n) is 5.74. The summed E-state index contributed by atoms with van der Waals surface area (Å²) in [5, 5.41) is 12.0. The highest BCUT2D eigenvalue weighted by atomic mass is 19.4. The molecule has 1 unspecified atom stereocenters. The number of rotatable bonds is 5. The Kier molecular flexibility index (Phi) is 5.25. The maximum Gasteiger partial charge on any atom is 0.417 e. The van der Waals surface area contributed by atoms with E-state index in [-0.39, 0.29) is 11.3 Å². The van der Waals surface area contributed by atoms with Gasteiger partial charge in [-0.3, -0.25) is 4.79 Å². The maximum atomic E-state index is 13.2. The fraction of sp³-hybridized carbons (Fsp3) is 0.0500. The molecule has 27 heavy (non-hydrogen) atoms. The van der Waals surface area contributed by atoms with Gasteiger partial charge in [0.2, 0.25) is 0 Å². The van der Waals surface area contributed by atoms with Crippen molar-refractivity contribution < 1.29 is 23.1 Å². The van der Waals surface area contributed by atoms with E-state index in [0.717, 1.165) is 12.1 Å². The van der Waals surface area contributed by atoms with Crippen LogP contribution in [0.15, 0.2) is 78.9 Å². The standard InChI is InChI=1S/C20H15F3N2O2/c21-20(22,23)17-12-6-4-10-15(17)19(26)16-11-5-7-13-18(16)25(27)24-14-8-2-1-3-9-14/h1-13,24-25H. The first kappa shape index (κ1) is 18.6. The number of hydrogen-bond donors (Lipinski definition) is 2. The Balaban J connectivity index is 1.98. The molecule has 3 aromatic carbocycles. The average molecular weight is 372 g/mol. The van der Waals surface area contributed by atoms with Crippen molar-refractivity contribution in [1.29, 1.82) is 0 Å². The molecule has 0 saturated heterocycles. The third kappa shape index (κ3) is 4.16. The number of carbonyl (C=O) groups is 1. The van der Waals surface area contributed by atoms with E-state index >= 15 is 0 Å². The van der Waals surface area contributed by atoms with Crippen LogP contribution in [-0.2, 0) is 6.18 Å². The van der Waals surface area contributed by atoms with Crippen molar-refractivity contribution >= 4 is 17.2 Å². The molecule has 0 fully saturated rings. The summed E-state index contributed by atoms with van der Waals surface area (Å²) in [6.07, 6.45) is -4.67. The summed E-state index contributed by atoms with van der Waals surface area (Å²) in [7, 11) is 0. The number of nitrogens with one attached hydrogen (secondary N) is 2. The van der Waals surface area contributed by atoms with Crippen LogP contribution in [0, 0.1) is 5.21 Å². The lowest BCUT2D eigenvalue weighted by molar-refractivity contribution is -0.749. The van der Waals surface area contributed by atoms with Crippen LogP contribution in [0.5, 0.6) is 0 Å². The van der Waals surface area contributed by atoms with Crippen LogP contribution in [0.2, 0.25) is 0 Å². The number of para-hydroxylation sites is 2. The highest BCUT2D eigenvalue weighted by molar-refractivity contribution is 6.12. The smallest absolute Gasteiger partial charge is 0.417 e. The Hall–Kier alpha value is -3.16. The van der Waals surface area contributed by atoms with E-state index in [1.165, 1.54) is 30.3 Å². The van der Waals surface area contributed by atoms with Crippen molar-refractivity contribution in [3.05, 3.63) is 101 Å². The average Bonchev–Trinajstić information content (AvgIpc) is 2.67.